The summed E-state index contributed by atoms with van der Waals surface area (Å²) in [6.07, 6.45) is 4.16. The lowest BCUT2D eigenvalue weighted by Crippen LogP contribution is -2.33. The molecule has 5 heteroatoms. The number of hydrogen-bond acceptors (Lipinski definition) is 4. The normalized spacial score (nSPS) is 33.3. The van der Waals surface area contributed by atoms with E-state index in [2.05, 4.69) is 48.2 Å². The lowest BCUT2D eigenvalue weighted by atomic mass is 9.75. The number of aromatic amines is 1. The number of thiazole rings is 1. The molecule has 5 rings (SSSR count). The maximum atomic E-state index is 12.0. The van der Waals surface area contributed by atoms with Crippen LogP contribution in [0.2, 0.25) is 0 Å². The summed E-state index contributed by atoms with van der Waals surface area (Å²) in [7, 11) is 4.16. The Labute approximate surface area is 150 Å². The number of nitrogens with zero attached hydrogens (tertiary/aromatic N) is 1. The van der Waals surface area contributed by atoms with Crippen LogP contribution in [-0.4, -0.2) is 24.3 Å². The van der Waals surface area contributed by atoms with Crippen LogP contribution < -0.4 is 9.77 Å². The van der Waals surface area contributed by atoms with E-state index < -0.39 is 0 Å². The molecule has 2 aliphatic carbocycles. The number of rotatable bonds is 2. The largest absolute Gasteiger partial charge is 0.378 e. The molecule has 24 heavy (non-hydrogen) atoms. The summed E-state index contributed by atoms with van der Waals surface area (Å²) in [6.45, 7) is 0. The third-order valence-corrected chi connectivity index (χ3v) is 8.86. The molecule has 2 fully saturated rings. The van der Waals surface area contributed by atoms with Crippen molar-refractivity contribution in [3.63, 3.8) is 0 Å². The topological polar surface area (TPSA) is 36.1 Å². The van der Waals surface area contributed by atoms with E-state index in [9.17, 15) is 4.79 Å². The third kappa shape index (κ3) is 2.14. The Morgan fingerprint density at radius 2 is 1.88 bits per heavy atom. The molecule has 126 valence electrons. The number of hydrogen-bond donors (Lipinski definition) is 1. The van der Waals surface area contributed by atoms with Crippen molar-refractivity contribution in [2.75, 3.05) is 19.0 Å². The molecule has 3 aliphatic rings. The first-order chi connectivity index (χ1) is 11.6. The summed E-state index contributed by atoms with van der Waals surface area (Å²) in [5.41, 5.74) is 2.62. The average Bonchev–Trinajstić information content (AvgIpc) is 3.26. The van der Waals surface area contributed by atoms with Gasteiger partial charge in [0.25, 0.3) is 0 Å². The molecule has 1 aromatic carbocycles. The first kappa shape index (κ1) is 15.1. The van der Waals surface area contributed by atoms with Gasteiger partial charge in [-0.1, -0.05) is 23.5 Å². The highest BCUT2D eigenvalue weighted by molar-refractivity contribution is 8.00. The van der Waals surface area contributed by atoms with Gasteiger partial charge in [0.15, 0.2) is 0 Å². The third-order valence-electron chi connectivity index (χ3n) is 6.23. The number of aromatic nitrogens is 1. The summed E-state index contributed by atoms with van der Waals surface area (Å²) in [6, 6.07) is 9.00. The summed E-state index contributed by atoms with van der Waals surface area (Å²) in [5, 5.41) is 1.85. The van der Waals surface area contributed by atoms with Crippen molar-refractivity contribution in [2.45, 2.75) is 35.5 Å². The zero-order valence-electron chi connectivity index (χ0n) is 14.0. The van der Waals surface area contributed by atoms with Gasteiger partial charge in [-0.05, 0) is 54.7 Å². The van der Waals surface area contributed by atoms with Gasteiger partial charge in [0, 0.05) is 35.8 Å². The SMILES string of the molecule is CN(C)c1ccc([C@@H]2c3sc(=O)[nH]c3S[C@@H]3[C@H]4CC[C@@H](C4)[C@@H]23)cc1. The Hall–Kier alpha value is -1.20. The van der Waals surface area contributed by atoms with Gasteiger partial charge in [-0.15, -0.1) is 11.8 Å². The van der Waals surface area contributed by atoms with Crippen LogP contribution in [0.5, 0.6) is 0 Å². The van der Waals surface area contributed by atoms with E-state index in [-0.39, 0.29) is 4.87 Å². The van der Waals surface area contributed by atoms with Gasteiger partial charge in [-0.2, -0.15) is 0 Å². The van der Waals surface area contributed by atoms with Crippen molar-refractivity contribution in [3.05, 3.63) is 44.4 Å². The molecule has 0 spiro atoms. The molecule has 2 bridgehead atoms. The number of fused-ring (bicyclic) bond motifs is 6. The Balaban J connectivity index is 1.62. The molecule has 0 unspecified atom stereocenters. The van der Waals surface area contributed by atoms with Crippen molar-refractivity contribution in [3.8, 4) is 0 Å². The van der Waals surface area contributed by atoms with Crippen molar-refractivity contribution in [2.24, 2.45) is 17.8 Å². The van der Waals surface area contributed by atoms with Gasteiger partial charge in [-0.25, -0.2) is 0 Å². The highest BCUT2D eigenvalue weighted by Crippen LogP contribution is 2.63. The van der Waals surface area contributed by atoms with Crippen LogP contribution >= 0.6 is 23.1 Å². The minimum Gasteiger partial charge on any atom is -0.378 e. The van der Waals surface area contributed by atoms with Crippen molar-refractivity contribution >= 4 is 28.8 Å². The molecule has 0 amide bonds. The summed E-state index contributed by atoms with van der Waals surface area (Å²) in [5.74, 6) is 2.81. The molecule has 1 aliphatic heterocycles. The molecule has 5 atom stereocenters. The Morgan fingerprint density at radius 3 is 2.62 bits per heavy atom. The number of nitrogens with one attached hydrogen (secondary N) is 1. The van der Waals surface area contributed by atoms with E-state index in [0.717, 1.165) is 16.9 Å². The lowest BCUT2D eigenvalue weighted by Gasteiger charge is -2.40. The minimum absolute atomic E-state index is 0.106. The van der Waals surface area contributed by atoms with Gasteiger partial charge in [-0.3, -0.25) is 4.79 Å². The van der Waals surface area contributed by atoms with Gasteiger partial charge >= 0.3 is 4.87 Å². The fraction of sp³-hybridized carbons (Fsp3) is 0.526. The average molecular weight is 359 g/mol. The molecule has 1 aromatic heterocycles. The molecule has 0 saturated heterocycles. The summed E-state index contributed by atoms with van der Waals surface area (Å²) < 4.78 is 0. The summed E-state index contributed by atoms with van der Waals surface area (Å²) >= 11 is 3.40. The molecule has 2 aromatic rings. The van der Waals surface area contributed by atoms with E-state index in [1.54, 1.807) is 0 Å². The number of thioether (sulfide) groups is 1. The van der Waals surface area contributed by atoms with Crippen molar-refractivity contribution in [1.82, 2.24) is 4.98 Å². The van der Waals surface area contributed by atoms with Gasteiger partial charge in [0.1, 0.15) is 0 Å². The predicted octanol–water partition coefficient (Wildman–Crippen LogP) is 4.15. The lowest BCUT2D eigenvalue weighted by molar-refractivity contribution is 0.307. The van der Waals surface area contributed by atoms with Crippen LogP contribution in [0.15, 0.2) is 34.1 Å². The first-order valence-electron chi connectivity index (χ1n) is 8.79. The van der Waals surface area contributed by atoms with Crippen molar-refractivity contribution < 1.29 is 0 Å². The maximum absolute atomic E-state index is 12.0. The minimum atomic E-state index is 0.106. The predicted molar refractivity (Wildman–Crippen MR) is 102 cm³/mol. The highest BCUT2D eigenvalue weighted by atomic mass is 32.2. The van der Waals surface area contributed by atoms with E-state index >= 15 is 0 Å². The monoisotopic (exact) mass is 358 g/mol. The second-order valence-corrected chi connectivity index (χ2v) is 9.87. The summed E-state index contributed by atoms with van der Waals surface area (Å²) in [4.78, 5) is 18.7. The fourth-order valence-electron chi connectivity index (χ4n) is 5.20. The standard InChI is InChI=1S/C19H22N2OS2/c1-21(2)13-7-5-10(6-8-13)14-15-11-3-4-12(9-11)16(15)23-18-17(14)24-19(22)20-18/h5-8,11-12,14-16H,3-4,9H2,1-2H3,(H,20,22)/t11-,12-,14-,15-,16+/m0/s1. The maximum Gasteiger partial charge on any atom is 0.305 e. The quantitative estimate of drug-likeness (QED) is 0.876. The number of anilines is 1. The fourth-order valence-corrected chi connectivity index (χ4v) is 8.10. The molecule has 3 nitrogen and oxygen atoms in total. The van der Waals surface area contributed by atoms with Crippen LogP contribution in [0.25, 0.3) is 0 Å². The van der Waals surface area contributed by atoms with Crippen LogP contribution in [0.1, 0.15) is 35.6 Å². The Kier molecular flexibility index (Phi) is 3.39. The highest BCUT2D eigenvalue weighted by Gasteiger charge is 2.54. The van der Waals surface area contributed by atoms with Crippen LogP contribution in [-0.2, 0) is 0 Å². The van der Waals surface area contributed by atoms with Gasteiger partial charge < -0.3 is 9.88 Å². The molecular formula is C19H22N2OS2. The number of benzene rings is 1. The zero-order chi connectivity index (χ0) is 16.4. The van der Waals surface area contributed by atoms with E-state index in [0.29, 0.717) is 17.1 Å². The first-order valence-corrected chi connectivity index (χ1v) is 10.5. The van der Waals surface area contributed by atoms with Gasteiger partial charge in [0.2, 0.25) is 0 Å². The zero-order valence-corrected chi connectivity index (χ0v) is 15.6. The molecule has 0 radical (unpaired) electrons. The van der Waals surface area contributed by atoms with Crippen LogP contribution in [0.3, 0.4) is 0 Å². The van der Waals surface area contributed by atoms with Crippen LogP contribution in [0.4, 0.5) is 5.69 Å². The van der Waals surface area contributed by atoms with Crippen molar-refractivity contribution in [1.29, 1.82) is 0 Å². The smallest absolute Gasteiger partial charge is 0.305 e. The number of H-pyrrole nitrogens is 1. The molecule has 2 heterocycles. The molecule has 1 N–H and O–H groups in total. The van der Waals surface area contributed by atoms with E-state index in [1.165, 1.54) is 46.7 Å². The molecule has 2 saturated carbocycles. The van der Waals surface area contributed by atoms with E-state index in [1.807, 2.05) is 11.8 Å². The van der Waals surface area contributed by atoms with Crippen LogP contribution in [0, 0.1) is 17.8 Å². The van der Waals surface area contributed by atoms with E-state index in [4.69, 9.17) is 0 Å². The second-order valence-electron chi connectivity index (χ2n) is 7.66. The Bertz CT molecular complexity index is 823. The molecular weight excluding hydrogens is 336 g/mol. The second kappa shape index (κ2) is 5.40. The Morgan fingerprint density at radius 1 is 1.12 bits per heavy atom. The van der Waals surface area contributed by atoms with Gasteiger partial charge in [0.05, 0.1) is 5.03 Å².